The average Bonchev–Trinajstić information content (AvgIpc) is 2.83. The van der Waals surface area contributed by atoms with Gasteiger partial charge in [0, 0.05) is 26.7 Å². The molecule has 2 aliphatic rings. The molecule has 1 spiro atoms. The zero-order chi connectivity index (χ0) is 18.4. The van der Waals surface area contributed by atoms with E-state index in [4.69, 9.17) is 4.74 Å². The minimum atomic E-state index is -3.37. The zero-order valence-electron chi connectivity index (χ0n) is 15.2. The summed E-state index contributed by atoms with van der Waals surface area (Å²) in [5, 5.41) is 0. The molecule has 0 aliphatic carbocycles. The first-order valence-electron chi connectivity index (χ1n) is 8.91. The number of rotatable bonds is 3. The molecule has 0 N–H and O–H groups in total. The molecule has 4 rings (SSSR count). The topological polar surface area (TPSA) is 49.9 Å². The summed E-state index contributed by atoms with van der Waals surface area (Å²) in [6.45, 7) is 2.34. The summed E-state index contributed by atoms with van der Waals surface area (Å²) < 4.78 is 32.3. The summed E-state index contributed by atoms with van der Waals surface area (Å²) in [6.07, 6.45) is 1.25. The predicted octanol–water partition coefficient (Wildman–Crippen LogP) is 2.97. The first-order valence-corrected chi connectivity index (χ1v) is 10.4. The summed E-state index contributed by atoms with van der Waals surface area (Å²) in [7, 11) is -0.0263. The molecule has 0 unspecified atom stereocenters. The van der Waals surface area contributed by atoms with E-state index in [1.165, 1.54) is 9.87 Å². The molecule has 138 valence electrons. The lowest BCUT2D eigenvalue weighted by molar-refractivity contribution is 0.189. The highest BCUT2D eigenvalue weighted by Crippen LogP contribution is 2.51. The van der Waals surface area contributed by atoms with Gasteiger partial charge in [0.05, 0.1) is 12.8 Å². The predicted molar refractivity (Wildman–Crippen MR) is 103 cm³/mol. The molecule has 2 aliphatic heterocycles. The second-order valence-electron chi connectivity index (χ2n) is 7.11. The molecule has 26 heavy (non-hydrogen) atoms. The number of anilines is 1. The SMILES string of the molecule is COc1cccc(CN2CCC3(CC2)c2ccccc2N(C)S3(=O)=O)c1. The van der Waals surface area contributed by atoms with Gasteiger partial charge in [-0.3, -0.25) is 9.21 Å². The van der Waals surface area contributed by atoms with Crippen molar-refractivity contribution in [1.29, 1.82) is 0 Å². The maximum atomic E-state index is 13.2. The third kappa shape index (κ3) is 2.51. The number of hydrogen-bond donors (Lipinski definition) is 0. The fourth-order valence-corrected chi connectivity index (χ4v) is 6.38. The van der Waals surface area contributed by atoms with E-state index in [-0.39, 0.29) is 0 Å². The molecular formula is C20H24N2O3S. The van der Waals surface area contributed by atoms with Crippen molar-refractivity contribution in [2.75, 3.05) is 31.6 Å². The molecule has 0 saturated carbocycles. The number of para-hydroxylation sites is 1. The maximum absolute atomic E-state index is 13.2. The average molecular weight is 372 g/mol. The summed E-state index contributed by atoms with van der Waals surface area (Å²) in [5.41, 5.74) is 2.98. The Bertz CT molecular complexity index is 918. The van der Waals surface area contributed by atoms with Crippen LogP contribution in [0.25, 0.3) is 0 Å². The molecule has 0 atom stereocenters. The summed E-state index contributed by atoms with van der Waals surface area (Å²) in [4.78, 5) is 2.33. The van der Waals surface area contributed by atoms with Crippen molar-refractivity contribution < 1.29 is 13.2 Å². The smallest absolute Gasteiger partial charge is 0.245 e. The highest BCUT2D eigenvalue weighted by atomic mass is 32.2. The first kappa shape index (κ1) is 17.4. The van der Waals surface area contributed by atoms with Crippen molar-refractivity contribution >= 4 is 15.7 Å². The van der Waals surface area contributed by atoms with Crippen molar-refractivity contribution in [3.8, 4) is 5.75 Å². The number of likely N-dealkylation sites (tertiary alicyclic amines) is 1. The van der Waals surface area contributed by atoms with Crippen LogP contribution in [0.15, 0.2) is 48.5 Å². The van der Waals surface area contributed by atoms with E-state index in [9.17, 15) is 8.42 Å². The molecule has 2 aromatic carbocycles. The molecule has 0 aromatic heterocycles. The maximum Gasteiger partial charge on any atom is 0.245 e. The molecule has 5 nitrogen and oxygen atoms in total. The molecular weight excluding hydrogens is 348 g/mol. The molecule has 2 heterocycles. The molecule has 0 amide bonds. The van der Waals surface area contributed by atoms with Crippen molar-refractivity contribution in [3.05, 3.63) is 59.7 Å². The number of nitrogens with zero attached hydrogens (tertiary/aromatic N) is 2. The van der Waals surface area contributed by atoms with Crippen LogP contribution >= 0.6 is 0 Å². The van der Waals surface area contributed by atoms with E-state index >= 15 is 0 Å². The Kier molecular flexibility index (Phi) is 4.20. The third-order valence-corrected chi connectivity index (χ3v) is 8.33. The minimum absolute atomic E-state index is 0.626. The van der Waals surface area contributed by atoms with Gasteiger partial charge in [-0.1, -0.05) is 30.3 Å². The number of fused-ring (bicyclic) bond motifs is 2. The third-order valence-electron chi connectivity index (χ3n) is 5.79. The second kappa shape index (κ2) is 6.28. The van der Waals surface area contributed by atoms with Gasteiger partial charge in [0.25, 0.3) is 0 Å². The Morgan fingerprint density at radius 2 is 1.81 bits per heavy atom. The van der Waals surface area contributed by atoms with E-state index in [1.54, 1.807) is 14.2 Å². The van der Waals surface area contributed by atoms with E-state index in [0.29, 0.717) is 12.8 Å². The number of sulfonamides is 1. The summed E-state index contributed by atoms with van der Waals surface area (Å²) in [5.74, 6) is 0.852. The molecule has 0 radical (unpaired) electrons. The van der Waals surface area contributed by atoms with Gasteiger partial charge in [0.15, 0.2) is 0 Å². The van der Waals surface area contributed by atoms with Gasteiger partial charge in [-0.2, -0.15) is 0 Å². The zero-order valence-corrected chi connectivity index (χ0v) is 16.0. The van der Waals surface area contributed by atoms with Gasteiger partial charge in [-0.05, 0) is 42.2 Å². The number of benzene rings is 2. The fraction of sp³-hybridized carbons (Fsp3) is 0.400. The second-order valence-corrected chi connectivity index (χ2v) is 9.39. The Morgan fingerprint density at radius 1 is 1.08 bits per heavy atom. The van der Waals surface area contributed by atoms with Gasteiger partial charge in [0.2, 0.25) is 10.0 Å². The van der Waals surface area contributed by atoms with Crippen molar-refractivity contribution in [1.82, 2.24) is 4.90 Å². The Labute approximate surface area is 155 Å². The lowest BCUT2D eigenvalue weighted by Crippen LogP contribution is -2.47. The lowest BCUT2D eigenvalue weighted by atomic mass is 9.87. The standard InChI is InChI=1S/C20H24N2O3S/c1-21-19-9-4-3-8-18(19)20(26(21,23)24)10-12-22(13-11-20)15-16-6-5-7-17(14-16)25-2/h3-9,14H,10-13,15H2,1-2H3. The van der Waals surface area contributed by atoms with E-state index < -0.39 is 14.8 Å². The van der Waals surface area contributed by atoms with Crippen LogP contribution in [0.2, 0.25) is 0 Å². The van der Waals surface area contributed by atoms with Gasteiger partial charge in [-0.15, -0.1) is 0 Å². The number of methoxy groups -OCH3 is 1. The Balaban J connectivity index is 1.56. The Hall–Kier alpha value is -2.05. The molecule has 2 aromatic rings. The molecule has 0 bridgehead atoms. The number of hydrogen-bond acceptors (Lipinski definition) is 4. The lowest BCUT2D eigenvalue weighted by Gasteiger charge is -2.38. The van der Waals surface area contributed by atoms with E-state index in [2.05, 4.69) is 11.0 Å². The molecule has 6 heteroatoms. The quantitative estimate of drug-likeness (QED) is 0.831. The van der Waals surface area contributed by atoms with Gasteiger partial charge in [0.1, 0.15) is 10.5 Å². The van der Waals surface area contributed by atoms with Crippen LogP contribution in [0.4, 0.5) is 5.69 Å². The van der Waals surface area contributed by atoms with Crippen molar-refractivity contribution in [3.63, 3.8) is 0 Å². The summed E-state index contributed by atoms with van der Waals surface area (Å²) >= 11 is 0. The van der Waals surface area contributed by atoms with Crippen LogP contribution < -0.4 is 9.04 Å². The summed E-state index contributed by atoms with van der Waals surface area (Å²) in [6, 6.07) is 15.8. The first-order chi connectivity index (χ1) is 12.5. The van der Waals surface area contributed by atoms with Crippen LogP contribution in [-0.4, -0.2) is 40.6 Å². The van der Waals surface area contributed by atoms with Gasteiger partial charge in [-0.25, -0.2) is 8.42 Å². The highest BCUT2D eigenvalue weighted by Gasteiger charge is 2.55. The normalized spacial score (nSPS) is 20.9. The van der Waals surface area contributed by atoms with Crippen LogP contribution in [0.5, 0.6) is 5.75 Å². The van der Waals surface area contributed by atoms with Gasteiger partial charge < -0.3 is 4.74 Å². The van der Waals surface area contributed by atoms with E-state index in [0.717, 1.165) is 36.6 Å². The van der Waals surface area contributed by atoms with Crippen LogP contribution in [0.3, 0.4) is 0 Å². The molecule has 1 fully saturated rings. The highest BCUT2D eigenvalue weighted by molar-refractivity contribution is 7.94. The Morgan fingerprint density at radius 3 is 2.54 bits per heavy atom. The monoisotopic (exact) mass is 372 g/mol. The van der Waals surface area contributed by atoms with Gasteiger partial charge >= 0.3 is 0 Å². The largest absolute Gasteiger partial charge is 0.497 e. The van der Waals surface area contributed by atoms with Crippen molar-refractivity contribution in [2.45, 2.75) is 24.1 Å². The van der Waals surface area contributed by atoms with Crippen LogP contribution in [-0.2, 0) is 21.3 Å². The van der Waals surface area contributed by atoms with Crippen molar-refractivity contribution in [2.24, 2.45) is 0 Å². The van der Waals surface area contributed by atoms with Crippen LogP contribution in [0.1, 0.15) is 24.0 Å². The molecule has 1 saturated heterocycles. The number of piperidine rings is 1. The number of ether oxygens (including phenoxy) is 1. The fourth-order valence-electron chi connectivity index (χ4n) is 4.29. The van der Waals surface area contributed by atoms with E-state index in [1.807, 2.05) is 42.5 Å². The van der Waals surface area contributed by atoms with Crippen LogP contribution in [0, 0.1) is 0 Å². The minimum Gasteiger partial charge on any atom is -0.497 e.